The minimum Gasteiger partial charge on any atom is -0.374 e. The van der Waals surface area contributed by atoms with Crippen molar-refractivity contribution in [3.63, 3.8) is 0 Å². The van der Waals surface area contributed by atoms with Gasteiger partial charge in [-0.15, -0.1) is 0 Å². The van der Waals surface area contributed by atoms with E-state index in [-0.39, 0.29) is 24.1 Å². The number of carbonyl (C=O) groups excluding carboxylic acids is 1. The highest BCUT2D eigenvalue weighted by molar-refractivity contribution is 9.10. The molecule has 0 heterocycles. The van der Waals surface area contributed by atoms with Crippen molar-refractivity contribution in [2.24, 2.45) is 0 Å². The monoisotopic (exact) mass is 288 g/mol. The van der Waals surface area contributed by atoms with Crippen molar-refractivity contribution < 1.29 is 13.9 Å². The molecule has 0 N–H and O–H groups in total. The van der Waals surface area contributed by atoms with Crippen LogP contribution >= 0.6 is 15.9 Å². The topological polar surface area (TPSA) is 26.3 Å². The van der Waals surface area contributed by atoms with E-state index in [1.165, 1.54) is 13.2 Å². The number of ether oxygens (including phenoxy) is 1. The van der Waals surface area contributed by atoms with Gasteiger partial charge in [-0.2, -0.15) is 0 Å². The summed E-state index contributed by atoms with van der Waals surface area (Å²) in [4.78, 5) is 11.7. The fourth-order valence-electron chi connectivity index (χ4n) is 1.49. The fourth-order valence-corrected chi connectivity index (χ4v) is 1.92. The Labute approximate surface area is 103 Å². The Bertz CT molecular complexity index is 375. The Morgan fingerprint density at radius 3 is 2.75 bits per heavy atom. The molecule has 0 amide bonds. The van der Waals surface area contributed by atoms with Gasteiger partial charge < -0.3 is 4.74 Å². The summed E-state index contributed by atoms with van der Waals surface area (Å²) in [7, 11) is 1.52. The van der Waals surface area contributed by atoms with Crippen molar-refractivity contribution in [1.82, 2.24) is 0 Å². The number of halogens is 2. The summed E-state index contributed by atoms with van der Waals surface area (Å²) < 4.78 is 18.4. The molecule has 0 spiro atoms. The molecule has 1 aromatic carbocycles. The van der Waals surface area contributed by atoms with E-state index in [1.54, 1.807) is 12.1 Å². The van der Waals surface area contributed by atoms with E-state index in [2.05, 4.69) is 15.9 Å². The van der Waals surface area contributed by atoms with Gasteiger partial charge in [0.2, 0.25) is 0 Å². The van der Waals surface area contributed by atoms with Crippen molar-refractivity contribution in [3.05, 3.63) is 34.1 Å². The van der Waals surface area contributed by atoms with Gasteiger partial charge in [0.15, 0.2) is 5.78 Å². The summed E-state index contributed by atoms with van der Waals surface area (Å²) >= 11 is 3.09. The zero-order chi connectivity index (χ0) is 12.1. The molecule has 88 valence electrons. The number of Topliss-reactive ketones (excluding diaryl/α,β-unsaturated/α-hetero) is 1. The number of hydrogen-bond donors (Lipinski definition) is 0. The highest BCUT2D eigenvalue weighted by Gasteiger charge is 2.16. The van der Waals surface area contributed by atoms with E-state index in [9.17, 15) is 9.18 Å². The molecule has 0 aliphatic carbocycles. The van der Waals surface area contributed by atoms with Gasteiger partial charge in [0, 0.05) is 13.5 Å². The van der Waals surface area contributed by atoms with Crippen LogP contribution < -0.4 is 0 Å². The van der Waals surface area contributed by atoms with E-state index in [1.807, 2.05) is 6.92 Å². The lowest BCUT2D eigenvalue weighted by Gasteiger charge is -2.11. The van der Waals surface area contributed by atoms with Crippen LogP contribution in [0.5, 0.6) is 0 Å². The summed E-state index contributed by atoms with van der Waals surface area (Å²) in [5, 5.41) is 0. The van der Waals surface area contributed by atoms with Gasteiger partial charge >= 0.3 is 0 Å². The molecular weight excluding hydrogens is 275 g/mol. The molecular formula is C12H14BrFO2. The smallest absolute Gasteiger partial charge is 0.165 e. The Balaban J connectivity index is 2.73. The summed E-state index contributed by atoms with van der Waals surface area (Å²) in [6.45, 7) is 1.90. The Hall–Kier alpha value is -0.740. The third-order valence-electron chi connectivity index (χ3n) is 2.38. The first-order valence-corrected chi connectivity index (χ1v) is 5.87. The number of carbonyl (C=O) groups is 1. The molecule has 0 radical (unpaired) electrons. The number of hydrogen-bond acceptors (Lipinski definition) is 2. The lowest BCUT2D eigenvalue weighted by molar-refractivity contribution is -0.128. The maximum absolute atomic E-state index is 13.0. The van der Waals surface area contributed by atoms with Crippen molar-refractivity contribution >= 4 is 21.7 Å². The van der Waals surface area contributed by atoms with Crippen molar-refractivity contribution in [1.29, 1.82) is 0 Å². The van der Waals surface area contributed by atoms with Gasteiger partial charge in [-0.05, 0) is 40.0 Å². The van der Waals surface area contributed by atoms with Crippen LogP contribution in [0.2, 0.25) is 0 Å². The summed E-state index contributed by atoms with van der Waals surface area (Å²) in [6, 6.07) is 4.58. The maximum atomic E-state index is 13.0. The van der Waals surface area contributed by atoms with E-state index >= 15 is 0 Å². The first-order valence-electron chi connectivity index (χ1n) is 5.08. The summed E-state index contributed by atoms with van der Waals surface area (Å²) in [5.74, 6) is -0.307. The quantitative estimate of drug-likeness (QED) is 0.832. The molecule has 4 heteroatoms. The third kappa shape index (κ3) is 3.39. The van der Waals surface area contributed by atoms with Crippen LogP contribution in [0.3, 0.4) is 0 Å². The van der Waals surface area contributed by atoms with Gasteiger partial charge in [0.05, 0.1) is 4.47 Å². The number of ketones is 1. The summed E-state index contributed by atoms with van der Waals surface area (Å²) in [6.07, 6.45) is 0.548. The Morgan fingerprint density at radius 2 is 2.25 bits per heavy atom. The molecule has 2 nitrogen and oxygen atoms in total. The van der Waals surface area contributed by atoms with Crippen LogP contribution in [0, 0.1) is 5.82 Å². The van der Waals surface area contributed by atoms with E-state index in [0.29, 0.717) is 10.9 Å². The predicted octanol–water partition coefficient (Wildman–Crippen LogP) is 3.12. The molecule has 0 bridgehead atoms. The normalized spacial score (nSPS) is 12.5. The molecule has 0 saturated heterocycles. The minimum absolute atomic E-state index is 0.0171. The molecule has 0 fully saturated rings. The lowest BCUT2D eigenvalue weighted by Crippen LogP contribution is -2.23. The molecule has 0 aliphatic heterocycles. The number of benzene rings is 1. The van der Waals surface area contributed by atoms with Crippen LogP contribution in [0.1, 0.15) is 18.9 Å². The second kappa shape index (κ2) is 6.11. The maximum Gasteiger partial charge on any atom is 0.165 e. The molecule has 1 aromatic rings. The molecule has 0 aromatic heterocycles. The average Bonchev–Trinajstić information content (AvgIpc) is 2.25. The second-order valence-corrected chi connectivity index (χ2v) is 4.38. The first-order chi connectivity index (χ1) is 7.58. The predicted molar refractivity (Wildman–Crippen MR) is 63.9 cm³/mol. The van der Waals surface area contributed by atoms with Crippen LogP contribution in [0.15, 0.2) is 22.7 Å². The zero-order valence-electron chi connectivity index (χ0n) is 9.30. The highest BCUT2D eigenvalue weighted by Crippen LogP contribution is 2.18. The molecule has 1 rings (SSSR count). The SMILES string of the molecule is CCC(OC)C(=O)Cc1ccc(F)c(Br)c1. The Kier molecular flexibility index (Phi) is 5.09. The van der Waals surface area contributed by atoms with E-state index in [4.69, 9.17) is 4.74 Å². The van der Waals surface area contributed by atoms with Gasteiger partial charge in [0.1, 0.15) is 11.9 Å². The van der Waals surface area contributed by atoms with Gasteiger partial charge in [-0.1, -0.05) is 13.0 Å². The molecule has 16 heavy (non-hydrogen) atoms. The molecule has 1 atom stereocenters. The van der Waals surface area contributed by atoms with Crippen molar-refractivity contribution in [3.8, 4) is 0 Å². The third-order valence-corrected chi connectivity index (χ3v) is 2.98. The summed E-state index contributed by atoms with van der Waals surface area (Å²) in [5.41, 5.74) is 0.786. The van der Waals surface area contributed by atoms with Gasteiger partial charge in [0.25, 0.3) is 0 Å². The first kappa shape index (κ1) is 13.3. The van der Waals surface area contributed by atoms with E-state index in [0.717, 1.165) is 5.56 Å². The molecule has 0 aliphatic rings. The molecule has 0 saturated carbocycles. The van der Waals surface area contributed by atoms with Crippen LogP contribution in [-0.4, -0.2) is 19.0 Å². The lowest BCUT2D eigenvalue weighted by atomic mass is 10.0. The van der Waals surface area contributed by atoms with Crippen LogP contribution in [0.4, 0.5) is 4.39 Å². The standard InChI is InChI=1S/C12H14BrFO2/c1-3-12(16-2)11(15)7-8-4-5-10(14)9(13)6-8/h4-6,12H,3,7H2,1-2H3. The van der Waals surface area contributed by atoms with Crippen LogP contribution in [-0.2, 0) is 16.0 Å². The van der Waals surface area contributed by atoms with Gasteiger partial charge in [-0.3, -0.25) is 4.79 Å². The largest absolute Gasteiger partial charge is 0.374 e. The zero-order valence-corrected chi connectivity index (χ0v) is 10.9. The van der Waals surface area contributed by atoms with E-state index < -0.39 is 0 Å². The minimum atomic E-state index is -0.371. The van der Waals surface area contributed by atoms with Crippen molar-refractivity contribution in [2.45, 2.75) is 25.9 Å². The van der Waals surface area contributed by atoms with Crippen LogP contribution in [0.25, 0.3) is 0 Å². The number of methoxy groups -OCH3 is 1. The fraction of sp³-hybridized carbons (Fsp3) is 0.417. The second-order valence-electron chi connectivity index (χ2n) is 3.52. The van der Waals surface area contributed by atoms with Crippen molar-refractivity contribution in [2.75, 3.05) is 7.11 Å². The number of rotatable bonds is 5. The highest BCUT2D eigenvalue weighted by atomic mass is 79.9. The average molecular weight is 289 g/mol. The molecule has 1 unspecified atom stereocenters. The van der Waals surface area contributed by atoms with Gasteiger partial charge in [-0.25, -0.2) is 4.39 Å². The Morgan fingerprint density at radius 1 is 1.56 bits per heavy atom.